The Balaban J connectivity index is 2.25. The molecule has 1 N–H and O–H groups in total. The highest BCUT2D eigenvalue weighted by Crippen LogP contribution is 2.19. The number of aliphatic carboxylic acids is 1. The van der Waals surface area contributed by atoms with E-state index < -0.39 is 12.1 Å². The van der Waals surface area contributed by atoms with Crippen LogP contribution in [0, 0.1) is 5.82 Å². The second-order valence-electron chi connectivity index (χ2n) is 3.32. The molecule has 88 valence electrons. The Bertz CT molecular complexity index is 340. The van der Waals surface area contributed by atoms with Crippen LogP contribution in [-0.2, 0) is 4.79 Å². The third-order valence-electron chi connectivity index (χ3n) is 1.94. The summed E-state index contributed by atoms with van der Waals surface area (Å²) in [5.41, 5.74) is 0. The maximum atomic E-state index is 12.6. The molecule has 16 heavy (non-hydrogen) atoms. The fourth-order valence-electron chi connectivity index (χ4n) is 1.14. The van der Waals surface area contributed by atoms with Gasteiger partial charge in [-0.05, 0) is 30.7 Å². The number of aliphatic hydroxyl groups excluding tert-OH is 1. The van der Waals surface area contributed by atoms with Crippen LogP contribution in [0.15, 0.2) is 29.2 Å². The van der Waals surface area contributed by atoms with Gasteiger partial charge in [-0.2, -0.15) is 0 Å². The molecule has 0 saturated carbocycles. The second kappa shape index (κ2) is 6.50. The van der Waals surface area contributed by atoms with Gasteiger partial charge in [0, 0.05) is 23.0 Å². The lowest BCUT2D eigenvalue weighted by Crippen LogP contribution is -2.27. The van der Waals surface area contributed by atoms with Gasteiger partial charge in [-0.25, -0.2) is 4.39 Å². The maximum Gasteiger partial charge on any atom is 0.123 e. The van der Waals surface area contributed by atoms with Gasteiger partial charge in [0.2, 0.25) is 0 Å². The number of carboxylic acid groups (broad SMARTS) is 1. The summed E-state index contributed by atoms with van der Waals surface area (Å²) in [7, 11) is 0. The number of aliphatic hydroxyl groups is 1. The summed E-state index contributed by atoms with van der Waals surface area (Å²) in [6, 6.07) is 6.01. The molecule has 3 nitrogen and oxygen atoms in total. The number of thioether (sulfide) groups is 1. The van der Waals surface area contributed by atoms with Crippen LogP contribution < -0.4 is 5.11 Å². The van der Waals surface area contributed by atoms with Crippen molar-refractivity contribution in [1.29, 1.82) is 0 Å². The number of halogens is 1. The van der Waals surface area contributed by atoms with Crippen molar-refractivity contribution in [2.75, 3.05) is 5.75 Å². The predicted molar refractivity (Wildman–Crippen MR) is 57.4 cm³/mol. The van der Waals surface area contributed by atoms with Crippen LogP contribution in [0.5, 0.6) is 0 Å². The van der Waals surface area contributed by atoms with Crippen LogP contribution in [0.25, 0.3) is 0 Å². The molecule has 1 atom stereocenters. The Labute approximate surface area is 97.3 Å². The van der Waals surface area contributed by atoms with Crippen molar-refractivity contribution in [1.82, 2.24) is 0 Å². The Morgan fingerprint density at radius 3 is 2.62 bits per heavy atom. The summed E-state index contributed by atoms with van der Waals surface area (Å²) in [6.07, 6.45) is -0.849. The zero-order valence-electron chi connectivity index (χ0n) is 8.56. The normalized spacial score (nSPS) is 12.4. The Hall–Kier alpha value is -1.07. The van der Waals surface area contributed by atoms with E-state index in [0.717, 1.165) is 4.90 Å². The molecule has 0 aliphatic carbocycles. The molecular weight excluding hydrogens is 231 g/mol. The predicted octanol–water partition coefficient (Wildman–Crippen LogP) is 0.809. The van der Waals surface area contributed by atoms with E-state index >= 15 is 0 Å². The van der Waals surface area contributed by atoms with Crippen molar-refractivity contribution in [3.63, 3.8) is 0 Å². The summed E-state index contributed by atoms with van der Waals surface area (Å²) < 4.78 is 12.6. The number of carbonyl (C=O) groups excluding carboxylic acids is 1. The lowest BCUT2D eigenvalue weighted by Gasteiger charge is -2.10. The SMILES string of the molecule is O=C([O-])CC(O)CCSc1ccc(F)cc1. The summed E-state index contributed by atoms with van der Waals surface area (Å²) in [6.45, 7) is 0. The first kappa shape index (κ1) is 13.0. The van der Waals surface area contributed by atoms with Gasteiger partial charge in [0.25, 0.3) is 0 Å². The molecule has 1 unspecified atom stereocenters. The quantitative estimate of drug-likeness (QED) is 0.751. The van der Waals surface area contributed by atoms with Crippen LogP contribution in [0.3, 0.4) is 0 Å². The van der Waals surface area contributed by atoms with E-state index in [2.05, 4.69) is 0 Å². The van der Waals surface area contributed by atoms with Crippen molar-refractivity contribution in [2.24, 2.45) is 0 Å². The molecule has 0 aliphatic heterocycles. The van der Waals surface area contributed by atoms with Gasteiger partial charge < -0.3 is 15.0 Å². The molecule has 0 spiro atoms. The smallest absolute Gasteiger partial charge is 0.123 e. The molecule has 0 fully saturated rings. The van der Waals surface area contributed by atoms with E-state index in [1.165, 1.54) is 23.9 Å². The number of hydrogen-bond acceptors (Lipinski definition) is 4. The zero-order chi connectivity index (χ0) is 12.0. The molecule has 1 aromatic rings. The average molecular weight is 243 g/mol. The zero-order valence-corrected chi connectivity index (χ0v) is 9.37. The Morgan fingerprint density at radius 1 is 1.44 bits per heavy atom. The summed E-state index contributed by atoms with van der Waals surface area (Å²) >= 11 is 1.44. The van der Waals surface area contributed by atoms with Gasteiger partial charge in [-0.1, -0.05) is 0 Å². The molecule has 1 rings (SSSR count). The topological polar surface area (TPSA) is 60.4 Å². The minimum Gasteiger partial charge on any atom is -0.550 e. The first-order chi connectivity index (χ1) is 7.58. The van der Waals surface area contributed by atoms with Crippen molar-refractivity contribution < 1.29 is 19.4 Å². The van der Waals surface area contributed by atoms with E-state index in [4.69, 9.17) is 0 Å². The van der Waals surface area contributed by atoms with Gasteiger partial charge in [-0.3, -0.25) is 0 Å². The third kappa shape index (κ3) is 5.14. The number of carboxylic acids is 1. The largest absolute Gasteiger partial charge is 0.550 e. The molecule has 0 heterocycles. The fraction of sp³-hybridized carbons (Fsp3) is 0.364. The molecule has 1 aromatic carbocycles. The van der Waals surface area contributed by atoms with E-state index in [-0.39, 0.29) is 12.2 Å². The highest BCUT2D eigenvalue weighted by atomic mass is 32.2. The lowest BCUT2D eigenvalue weighted by molar-refractivity contribution is -0.307. The minimum atomic E-state index is -1.25. The van der Waals surface area contributed by atoms with Gasteiger partial charge in [-0.15, -0.1) is 11.8 Å². The van der Waals surface area contributed by atoms with Gasteiger partial charge >= 0.3 is 0 Å². The van der Waals surface area contributed by atoms with E-state index in [1.807, 2.05) is 0 Å². The molecule has 0 radical (unpaired) electrons. The number of rotatable bonds is 6. The first-order valence-electron chi connectivity index (χ1n) is 4.84. The molecule has 0 bridgehead atoms. The number of benzene rings is 1. The lowest BCUT2D eigenvalue weighted by atomic mass is 10.2. The fourth-order valence-corrected chi connectivity index (χ4v) is 2.09. The van der Waals surface area contributed by atoms with Crippen LogP contribution in [0.1, 0.15) is 12.8 Å². The standard InChI is InChI=1S/C11H13FO3S/c12-8-1-3-10(4-2-8)16-6-5-9(13)7-11(14)15/h1-4,9,13H,5-7H2,(H,14,15)/p-1. The molecular formula is C11H12FO3S-. The number of carbonyl (C=O) groups is 1. The molecule has 0 amide bonds. The maximum absolute atomic E-state index is 12.6. The molecule has 0 aliphatic rings. The average Bonchev–Trinajstić information content (AvgIpc) is 2.20. The van der Waals surface area contributed by atoms with Crippen LogP contribution in [-0.4, -0.2) is 22.9 Å². The summed E-state index contributed by atoms with van der Waals surface area (Å²) in [5, 5.41) is 19.4. The molecule has 5 heteroatoms. The highest BCUT2D eigenvalue weighted by molar-refractivity contribution is 7.99. The second-order valence-corrected chi connectivity index (χ2v) is 4.49. The third-order valence-corrected chi connectivity index (χ3v) is 2.98. The molecule has 0 aromatic heterocycles. The Morgan fingerprint density at radius 2 is 2.06 bits per heavy atom. The highest BCUT2D eigenvalue weighted by Gasteiger charge is 2.04. The summed E-state index contributed by atoms with van der Waals surface area (Å²) in [5.74, 6) is -0.958. The van der Waals surface area contributed by atoms with Crippen molar-refractivity contribution >= 4 is 17.7 Å². The molecule has 0 saturated heterocycles. The van der Waals surface area contributed by atoms with Gasteiger partial charge in [0.15, 0.2) is 0 Å². The Kier molecular flexibility index (Phi) is 5.28. The van der Waals surface area contributed by atoms with E-state index in [1.54, 1.807) is 12.1 Å². The van der Waals surface area contributed by atoms with Crippen molar-refractivity contribution in [3.05, 3.63) is 30.1 Å². The van der Waals surface area contributed by atoms with Gasteiger partial charge in [0.05, 0.1) is 6.10 Å². The monoisotopic (exact) mass is 243 g/mol. The van der Waals surface area contributed by atoms with Crippen LogP contribution in [0.2, 0.25) is 0 Å². The van der Waals surface area contributed by atoms with E-state index in [0.29, 0.717) is 12.2 Å². The van der Waals surface area contributed by atoms with Crippen LogP contribution >= 0.6 is 11.8 Å². The van der Waals surface area contributed by atoms with Crippen LogP contribution in [0.4, 0.5) is 4.39 Å². The van der Waals surface area contributed by atoms with Crippen molar-refractivity contribution in [2.45, 2.75) is 23.8 Å². The minimum absolute atomic E-state index is 0.290. The summed E-state index contributed by atoms with van der Waals surface area (Å²) in [4.78, 5) is 11.1. The van der Waals surface area contributed by atoms with Gasteiger partial charge in [0.1, 0.15) is 5.82 Å². The first-order valence-corrected chi connectivity index (χ1v) is 5.83. The number of hydrogen-bond donors (Lipinski definition) is 1. The van der Waals surface area contributed by atoms with Crippen molar-refractivity contribution in [3.8, 4) is 0 Å². The van der Waals surface area contributed by atoms with E-state index in [9.17, 15) is 19.4 Å².